The Kier molecular flexibility index (Phi) is 5.04. The van der Waals surface area contributed by atoms with Gasteiger partial charge in [-0.05, 0) is 38.1 Å². The molecule has 0 amide bonds. The zero-order valence-electron chi connectivity index (χ0n) is 12.0. The molecule has 4 heteroatoms. The highest BCUT2D eigenvalue weighted by Crippen LogP contribution is 2.34. The van der Waals surface area contributed by atoms with Crippen molar-refractivity contribution in [3.63, 3.8) is 0 Å². The number of rotatable bonds is 4. The first-order valence-electron chi connectivity index (χ1n) is 6.90. The molecule has 1 heterocycles. The lowest BCUT2D eigenvalue weighted by atomic mass is 10.1. The minimum Gasteiger partial charge on any atom is -0.369 e. The van der Waals surface area contributed by atoms with Crippen molar-refractivity contribution in [2.24, 2.45) is 0 Å². The lowest BCUT2D eigenvalue weighted by Crippen LogP contribution is -2.43. The predicted molar refractivity (Wildman–Crippen MR) is 87.6 cm³/mol. The van der Waals surface area contributed by atoms with Crippen molar-refractivity contribution in [2.45, 2.75) is 32.1 Å². The molecular weight excluding hydrogens is 276 g/mol. The van der Waals surface area contributed by atoms with Gasteiger partial charge in [-0.1, -0.05) is 24.6 Å². The summed E-state index contributed by atoms with van der Waals surface area (Å²) >= 11 is 8.25. The fourth-order valence-electron chi connectivity index (χ4n) is 2.46. The molecule has 1 aromatic rings. The van der Waals surface area contributed by atoms with Crippen molar-refractivity contribution in [1.82, 2.24) is 5.32 Å². The lowest BCUT2D eigenvalue weighted by Gasteiger charge is -2.39. The maximum Gasteiger partial charge on any atom is 0.0427 e. The highest BCUT2D eigenvalue weighted by Gasteiger charge is 2.28. The van der Waals surface area contributed by atoms with Crippen LogP contribution in [0.15, 0.2) is 18.2 Å². The Labute approximate surface area is 125 Å². The van der Waals surface area contributed by atoms with Gasteiger partial charge in [0.25, 0.3) is 0 Å². The lowest BCUT2D eigenvalue weighted by molar-refractivity contribution is 0.642. The van der Waals surface area contributed by atoms with E-state index in [1.807, 2.05) is 6.07 Å². The second-order valence-corrected chi connectivity index (χ2v) is 7.82. The van der Waals surface area contributed by atoms with E-state index in [-0.39, 0.29) is 0 Å². The summed E-state index contributed by atoms with van der Waals surface area (Å²) in [5.41, 5.74) is 2.63. The molecule has 1 N–H and O–H groups in total. The number of thioether (sulfide) groups is 1. The summed E-state index contributed by atoms with van der Waals surface area (Å²) in [4.78, 5) is 2.48. The third-order valence-corrected chi connectivity index (χ3v) is 4.91. The Bertz CT molecular complexity index is 434. The molecule has 0 unspecified atom stereocenters. The van der Waals surface area contributed by atoms with E-state index < -0.39 is 0 Å². The van der Waals surface area contributed by atoms with Crippen LogP contribution in [-0.2, 0) is 6.54 Å². The number of hydrogen-bond acceptors (Lipinski definition) is 3. The summed E-state index contributed by atoms with van der Waals surface area (Å²) in [5, 5.41) is 4.23. The number of hydrogen-bond donors (Lipinski definition) is 1. The fourth-order valence-corrected chi connectivity index (χ4v) is 3.74. The van der Waals surface area contributed by atoms with Gasteiger partial charge >= 0.3 is 0 Å². The van der Waals surface area contributed by atoms with Gasteiger partial charge in [0.15, 0.2) is 0 Å². The molecule has 1 aromatic carbocycles. The predicted octanol–water partition coefficient (Wildman–Crippen LogP) is 3.78. The molecule has 1 fully saturated rings. The number of halogens is 1. The maximum atomic E-state index is 6.19. The van der Waals surface area contributed by atoms with Crippen LogP contribution < -0.4 is 10.2 Å². The van der Waals surface area contributed by atoms with Gasteiger partial charge in [-0.25, -0.2) is 0 Å². The average Bonchev–Trinajstić information content (AvgIpc) is 2.36. The third-order valence-electron chi connectivity index (χ3n) is 3.38. The molecule has 1 saturated heterocycles. The number of benzene rings is 1. The van der Waals surface area contributed by atoms with E-state index in [1.165, 1.54) is 17.0 Å². The molecule has 0 atom stereocenters. The second-order valence-electron chi connectivity index (χ2n) is 5.58. The minimum atomic E-state index is 0.315. The van der Waals surface area contributed by atoms with E-state index >= 15 is 0 Å². The van der Waals surface area contributed by atoms with Crippen LogP contribution in [0.4, 0.5) is 5.69 Å². The van der Waals surface area contributed by atoms with E-state index in [0.29, 0.717) is 4.75 Å². The molecule has 0 saturated carbocycles. The number of nitrogens with zero attached hydrogens (tertiary/aromatic N) is 1. The smallest absolute Gasteiger partial charge is 0.0427 e. The van der Waals surface area contributed by atoms with Gasteiger partial charge in [0, 0.05) is 40.8 Å². The Hall–Kier alpha value is -0.380. The first-order valence-corrected chi connectivity index (χ1v) is 8.26. The molecule has 0 radical (unpaired) electrons. The van der Waals surface area contributed by atoms with Crippen molar-refractivity contribution in [1.29, 1.82) is 0 Å². The normalized spacial score (nSPS) is 18.6. The van der Waals surface area contributed by atoms with E-state index in [4.69, 9.17) is 11.6 Å². The molecule has 106 valence electrons. The van der Waals surface area contributed by atoms with Crippen molar-refractivity contribution in [3.8, 4) is 0 Å². The molecule has 0 spiro atoms. The summed E-state index contributed by atoms with van der Waals surface area (Å²) < 4.78 is 0.315. The Morgan fingerprint density at radius 3 is 2.89 bits per heavy atom. The topological polar surface area (TPSA) is 15.3 Å². The van der Waals surface area contributed by atoms with Crippen molar-refractivity contribution in [2.75, 3.05) is 30.3 Å². The van der Waals surface area contributed by atoms with Crippen LogP contribution >= 0.6 is 23.4 Å². The van der Waals surface area contributed by atoms with Gasteiger partial charge in [-0.3, -0.25) is 0 Å². The van der Waals surface area contributed by atoms with Crippen molar-refractivity contribution < 1.29 is 0 Å². The molecular formula is C15H23ClN2S. The molecule has 1 aliphatic heterocycles. The van der Waals surface area contributed by atoms with E-state index in [1.54, 1.807) is 0 Å². The van der Waals surface area contributed by atoms with E-state index in [2.05, 4.69) is 54.9 Å². The SMILES string of the molecule is CCNCc1ccc(Cl)cc1N1CCSC(C)(C)C1. The van der Waals surface area contributed by atoms with Crippen molar-refractivity contribution in [3.05, 3.63) is 28.8 Å². The van der Waals surface area contributed by atoms with Crippen LogP contribution in [-0.4, -0.2) is 30.1 Å². The van der Waals surface area contributed by atoms with Gasteiger partial charge in [-0.15, -0.1) is 0 Å². The summed E-state index contributed by atoms with van der Waals surface area (Å²) in [7, 11) is 0. The van der Waals surface area contributed by atoms with Crippen LogP contribution in [0.1, 0.15) is 26.3 Å². The van der Waals surface area contributed by atoms with Crippen molar-refractivity contribution >= 4 is 29.1 Å². The summed E-state index contributed by atoms with van der Waals surface area (Å²) in [5.74, 6) is 1.18. The molecule has 1 aliphatic rings. The van der Waals surface area contributed by atoms with Gasteiger partial charge < -0.3 is 10.2 Å². The van der Waals surface area contributed by atoms with Crippen LogP contribution in [0, 0.1) is 0 Å². The zero-order valence-corrected chi connectivity index (χ0v) is 13.6. The van der Waals surface area contributed by atoms with E-state index in [0.717, 1.165) is 31.2 Å². The fraction of sp³-hybridized carbons (Fsp3) is 0.600. The second kappa shape index (κ2) is 6.38. The van der Waals surface area contributed by atoms with Gasteiger partial charge in [0.05, 0.1) is 0 Å². The van der Waals surface area contributed by atoms with Crippen LogP contribution in [0.2, 0.25) is 5.02 Å². The molecule has 19 heavy (non-hydrogen) atoms. The van der Waals surface area contributed by atoms with Gasteiger partial charge in [0.1, 0.15) is 0 Å². The maximum absolute atomic E-state index is 6.19. The summed E-state index contributed by atoms with van der Waals surface area (Å²) in [6.07, 6.45) is 0. The Morgan fingerprint density at radius 2 is 2.21 bits per heavy atom. The Morgan fingerprint density at radius 1 is 1.42 bits per heavy atom. The molecule has 2 nitrogen and oxygen atoms in total. The first kappa shape index (κ1) is 15.0. The van der Waals surface area contributed by atoms with E-state index in [9.17, 15) is 0 Å². The third kappa shape index (κ3) is 4.04. The molecule has 0 bridgehead atoms. The average molecular weight is 299 g/mol. The van der Waals surface area contributed by atoms with Crippen LogP contribution in [0.25, 0.3) is 0 Å². The highest BCUT2D eigenvalue weighted by atomic mass is 35.5. The molecule has 0 aliphatic carbocycles. The Balaban J connectivity index is 2.23. The minimum absolute atomic E-state index is 0.315. The monoisotopic (exact) mass is 298 g/mol. The summed E-state index contributed by atoms with van der Waals surface area (Å²) in [6.45, 7) is 10.9. The quantitative estimate of drug-likeness (QED) is 0.911. The standard InChI is InChI=1S/C15H23ClN2S/c1-4-17-10-12-5-6-13(16)9-14(12)18-7-8-19-15(2,3)11-18/h5-6,9,17H,4,7-8,10-11H2,1-3H3. The molecule has 0 aromatic heterocycles. The number of nitrogens with one attached hydrogen (secondary N) is 1. The zero-order chi connectivity index (χ0) is 13.9. The summed E-state index contributed by atoms with van der Waals surface area (Å²) in [6, 6.07) is 6.25. The van der Waals surface area contributed by atoms with Gasteiger partial charge in [-0.2, -0.15) is 11.8 Å². The first-order chi connectivity index (χ1) is 9.02. The molecule has 2 rings (SSSR count). The van der Waals surface area contributed by atoms with Crippen LogP contribution in [0.5, 0.6) is 0 Å². The van der Waals surface area contributed by atoms with Gasteiger partial charge in [0.2, 0.25) is 0 Å². The van der Waals surface area contributed by atoms with Crippen LogP contribution in [0.3, 0.4) is 0 Å². The highest BCUT2D eigenvalue weighted by molar-refractivity contribution is 8.00. The largest absolute Gasteiger partial charge is 0.369 e. The number of anilines is 1.